The first kappa shape index (κ1) is 88.1. The van der Waals surface area contributed by atoms with Crippen LogP contribution < -0.4 is 64.1 Å². The molecule has 0 radical (unpaired) electrons. The fraction of sp³-hybridized carbons (Fsp3) is 0.649. The number of primary amides is 1. The number of nitrogens with one attached hydrogen (secondary N) is 9. The van der Waals surface area contributed by atoms with Crippen LogP contribution in [-0.2, 0) is 80.0 Å². The molecule has 2 aromatic rings. The Morgan fingerprint density at radius 2 is 1.12 bits per heavy atom. The number of rotatable bonds is 36. The number of aliphatic hydroxyl groups excluding tert-OH is 1. The predicted molar refractivity (Wildman–Crippen MR) is 386 cm³/mol. The van der Waals surface area contributed by atoms with Crippen molar-refractivity contribution in [1.82, 2.24) is 52.8 Å². The number of phenols is 1. The number of esters is 1. The fourth-order valence-electron chi connectivity index (χ4n) is 12.3. The van der Waals surface area contributed by atoms with Gasteiger partial charge >= 0.3 is 17.9 Å². The molecule has 31 nitrogen and oxygen atoms in total. The molecule has 5 rings (SSSR count). The number of nitrogens with zero attached hydrogens (tertiary/aromatic N) is 1. The number of ether oxygens (including phenoxy) is 1. The summed E-state index contributed by atoms with van der Waals surface area (Å²) in [6, 6.07) is -4.51. The number of phenolic OH excluding ortho intramolecular Hbond substituents is 1. The minimum atomic E-state index is -1.97. The Balaban J connectivity index is 1.77. The zero-order valence-electron chi connectivity index (χ0n) is 61.8. The van der Waals surface area contributed by atoms with Crippen molar-refractivity contribution in [3.63, 3.8) is 0 Å². The number of amides is 11. The minimum Gasteiger partial charge on any atom is -0.508 e. The van der Waals surface area contributed by atoms with E-state index in [9.17, 15) is 87.5 Å². The monoisotopic (exact) mass is 1470 g/mol. The number of nitrogens with two attached hydrogens (primary N) is 2. The molecule has 31 heteroatoms. The first-order valence-electron chi connectivity index (χ1n) is 37.0. The van der Waals surface area contributed by atoms with Crippen molar-refractivity contribution in [2.45, 2.75) is 276 Å². The van der Waals surface area contributed by atoms with Crippen LogP contribution in [0.2, 0.25) is 0 Å². The number of unbranched alkanes of at least 4 members (excludes halogenated alkanes) is 9. The van der Waals surface area contributed by atoms with Crippen LogP contribution in [-0.4, -0.2) is 188 Å². The lowest BCUT2D eigenvalue weighted by atomic mass is 9.97. The van der Waals surface area contributed by atoms with Crippen LogP contribution in [0.25, 0.3) is 0 Å². The van der Waals surface area contributed by atoms with Crippen molar-refractivity contribution in [2.24, 2.45) is 29.2 Å². The first-order chi connectivity index (χ1) is 49.8. The number of fused-ring (bicyclic) bond motifs is 23. The highest BCUT2D eigenvalue weighted by Crippen LogP contribution is 2.24. The van der Waals surface area contributed by atoms with E-state index >= 15 is 0 Å². The molecule has 2 bridgehead atoms. The average molecular weight is 1480 g/mol. The molecule has 11 amide bonds. The number of carbonyl (C=O) groups is 14. The highest BCUT2D eigenvalue weighted by molar-refractivity contribution is 6.00. The lowest BCUT2D eigenvalue weighted by Gasteiger charge is -2.32. The van der Waals surface area contributed by atoms with Gasteiger partial charge in [0.1, 0.15) is 71.9 Å². The van der Waals surface area contributed by atoms with E-state index in [0.717, 1.165) is 43.9 Å². The van der Waals surface area contributed by atoms with Crippen molar-refractivity contribution >= 4 is 82.9 Å². The third kappa shape index (κ3) is 31.5. The fourth-order valence-corrected chi connectivity index (χ4v) is 12.3. The maximum Gasteiger partial charge on any atom is 0.334 e. The normalized spacial score (nSPS) is 21.6. The Morgan fingerprint density at radius 3 is 1.70 bits per heavy atom. The van der Waals surface area contributed by atoms with E-state index in [1.807, 2.05) is 0 Å². The van der Waals surface area contributed by atoms with E-state index in [-0.39, 0.29) is 81.5 Å². The molecule has 17 N–H and O–H groups in total. The molecule has 1 saturated heterocycles. The minimum absolute atomic E-state index is 0.00620. The molecule has 0 spiro atoms. The van der Waals surface area contributed by atoms with Gasteiger partial charge in [0.15, 0.2) is 0 Å². The van der Waals surface area contributed by atoms with Gasteiger partial charge < -0.3 is 89.4 Å². The molecular weight excluding hydrogens is 1360 g/mol. The van der Waals surface area contributed by atoms with Crippen LogP contribution in [0.3, 0.4) is 0 Å². The SMILES string of the molecule is CC[C@H](C)[C@@H]1NC(=O)[C@H](Cc2ccc(O)cc2)NC(=O)[C@H](CCC(N)=O)NC(=O)[C@@H]2CCCN2C(=O)[C@H](C(C)C)NC(=O)[C@H](CCC(=O)O)NC(=O)[C@@H]([C@H](C)O)NC(=O)[C@@H](NC(=O)[C@H](CCCN)NC(=O)[C@@H](CCC(=O)O)NC(=O)CCCCCCCCCCCCC(C)C)Cc2ccc(cc2)OC1=O. The molecule has 3 heterocycles. The van der Waals surface area contributed by atoms with Gasteiger partial charge in [0.05, 0.1) is 6.10 Å². The molecular formula is C74H114N12O19. The zero-order valence-corrected chi connectivity index (χ0v) is 61.8. The van der Waals surface area contributed by atoms with Gasteiger partial charge in [-0.15, -0.1) is 0 Å². The summed E-state index contributed by atoms with van der Waals surface area (Å²) in [4.78, 5) is 196. The molecule has 0 saturated carbocycles. The van der Waals surface area contributed by atoms with Gasteiger partial charge in [-0.3, -0.25) is 62.3 Å². The van der Waals surface area contributed by atoms with Gasteiger partial charge in [0.2, 0.25) is 65.0 Å². The molecule has 0 aliphatic carbocycles. The second-order valence-electron chi connectivity index (χ2n) is 28.4. The van der Waals surface area contributed by atoms with E-state index in [2.05, 4.69) is 61.7 Å². The van der Waals surface area contributed by atoms with E-state index in [0.29, 0.717) is 24.3 Å². The topological polar surface area (TPSA) is 493 Å². The molecule has 12 atom stereocenters. The average Bonchev–Trinajstić information content (AvgIpc) is 1.72. The van der Waals surface area contributed by atoms with Crippen LogP contribution in [0, 0.1) is 17.8 Å². The van der Waals surface area contributed by atoms with Crippen LogP contribution in [0.15, 0.2) is 48.5 Å². The van der Waals surface area contributed by atoms with Gasteiger partial charge in [0, 0.05) is 45.1 Å². The molecule has 584 valence electrons. The van der Waals surface area contributed by atoms with E-state index in [1.54, 1.807) is 27.7 Å². The lowest BCUT2D eigenvalue weighted by molar-refractivity contribution is -0.144. The number of aliphatic carboxylic acids is 2. The first-order valence-corrected chi connectivity index (χ1v) is 37.0. The van der Waals surface area contributed by atoms with Gasteiger partial charge in [-0.05, 0) is 118 Å². The number of hydrogen-bond acceptors (Lipinski definition) is 18. The third-order valence-corrected chi connectivity index (χ3v) is 18.8. The molecule has 1 fully saturated rings. The zero-order chi connectivity index (χ0) is 77.9. The number of carboxylic acids is 2. The predicted octanol–water partition coefficient (Wildman–Crippen LogP) is 2.60. The summed E-state index contributed by atoms with van der Waals surface area (Å²) in [5.41, 5.74) is 12.1. The Bertz CT molecular complexity index is 3220. The van der Waals surface area contributed by atoms with Crippen molar-refractivity contribution in [3.8, 4) is 11.5 Å². The van der Waals surface area contributed by atoms with Crippen LogP contribution >= 0.6 is 0 Å². The van der Waals surface area contributed by atoms with Gasteiger partial charge in [-0.25, -0.2) is 4.79 Å². The molecule has 0 unspecified atom stereocenters. The number of carboxylic acid groups (broad SMARTS) is 2. The van der Waals surface area contributed by atoms with Crippen molar-refractivity contribution in [1.29, 1.82) is 0 Å². The third-order valence-electron chi connectivity index (χ3n) is 18.8. The summed E-state index contributed by atoms with van der Waals surface area (Å²) in [6.07, 6.45) is 6.48. The number of carbonyl (C=O) groups excluding carboxylic acids is 12. The standard InChI is InChI=1S/C74H114N12O19/c1-8-45(6)63-74(104)105-50-31-27-48(28-32-50)42-56(81-65(95)51(22-19-39-75)78-66(96)52(34-37-60(91)92)77-59(90)24-18-16-14-12-10-9-11-13-15-17-21-43(2)3)70(100)85-64(46(7)87)72(102)80-54(35-38-61(93)94)68(98)83-62(44(4)5)73(103)86-40-20-23-57(86)71(101)79-53(33-36-58(76)89)67(97)82-55(69(99)84-63)41-47-25-29-49(88)30-26-47/h25-32,43-46,51-57,62-64,87-88H,8-24,33-42,75H2,1-7H3,(H2,76,89)(H,77,90)(H,78,96)(H,79,101)(H,80,102)(H,81,95)(H,82,97)(H,83,98)(H,84,99)(H,85,100)(H,91,92)(H,93,94)/t45-,46-,51-,52+,53-,54-,55-,56-,57-,62-,63-,64+/m0/s1. The Kier molecular flexibility index (Phi) is 38.5. The van der Waals surface area contributed by atoms with Crippen LogP contribution in [0.5, 0.6) is 11.5 Å². The van der Waals surface area contributed by atoms with Crippen LogP contribution in [0.4, 0.5) is 0 Å². The van der Waals surface area contributed by atoms with E-state index in [1.165, 1.54) is 80.6 Å². The number of hydrogen-bond donors (Lipinski definition) is 15. The smallest absolute Gasteiger partial charge is 0.334 e. The summed E-state index contributed by atoms with van der Waals surface area (Å²) in [7, 11) is 0. The highest BCUT2D eigenvalue weighted by atomic mass is 16.5. The molecule has 105 heavy (non-hydrogen) atoms. The maximum absolute atomic E-state index is 14.9. The molecule has 3 aliphatic heterocycles. The maximum atomic E-state index is 14.9. The lowest BCUT2D eigenvalue weighted by Crippen LogP contribution is -2.62. The molecule has 0 aromatic heterocycles. The number of aliphatic hydroxyl groups is 1. The largest absolute Gasteiger partial charge is 0.508 e. The summed E-state index contributed by atoms with van der Waals surface area (Å²) in [5.74, 6) is -14.8. The van der Waals surface area contributed by atoms with Gasteiger partial charge in [-0.2, -0.15) is 0 Å². The van der Waals surface area contributed by atoms with E-state index in [4.69, 9.17) is 16.2 Å². The quantitative estimate of drug-likeness (QED) is 0.0202. The van der Waals surface area contributed by atoms with Gasteiger partial charge in [0.25, 0.3) is 0 Å². The summed E-state index contributed by atoms with van der Waals surface area (Å²) in [5, 5.41) is 64.0. The second kappa shape index (κ2) is 45.9. The number of benzene rings is 2. The van der Waals surface area contributed by atoms with Crippen molar-refractivity contribution < 1.29 is 92.3 Å². The Morgan fingerprint density at radius 1 is 0.581 bits per heavy atom. The molecule has 2 aromatic carbocycles. The van der Waals surface area contributed by atoms with E-state index < -0.39 is 193 Å². The van der Waals surface area contributed by atoms with Crippen LogP contribution in [0.1, 0.15) is 207 Å². The molecule has 3 aliphatic rings. The Labute approximate surface area is 614 Å². The van der Waals surface area contributed by atoms with Crippen molar-refractivity contribution in [3.05, 3.63) is 59.7 Å². The van der Waals surface area contributed by atoms with Gasteiger partial charge in [-0.1, -0.05) is 136 Å². The highest BCUT2D eigenvalue weighted by Gasteiger charge is 2.42. The second-order valence-corrected chi connectivity index (χ2v) is 28.4. The summed E-state index contributed by atoms with van der Waals surface area (Å²) < 4.78 is 5.84. The Hall–Kier alpha value is -9.26. The summed E-state index contributed by atoms with van der Waals surface area (Å²) >= 11 is 0. The number of aromatic hydroxyl groups is 1. The summed E-state index contributed by atoms with van der Waals surface area (Å²) in [6.45, 7) is 12.0. The van der Waals surface area contributed by atoms with Crippen molar-refractivity contribution in [2.75, 3.05) is 13.1 Å².